The molecule has 0 bridgehead atoms. The van der Waals surface area contributed by atoms with Crippen molar-refractivity contribution in [3.63, 3.8) is 0 Å². The van der Waals surface area contributed by atoms with Crippen LogP contribution in [-0.4, -0.2) is 37.2 Å². The quantitative estimate of drug-likeness (QED) is 0.609. The number of nitrogens with one attached hydrogen (secondary N) is 1. The summed E-state index contributed by atoms with van der Waals surface area (Å²) in [7, 11) is -4.02. The van der Waals surface area contributed by atoms with Gasteiger partial charge in [-0.3, -0.25) is 19.6 Å². The van der Waals surface area contributed by atoms with E-state index in [2.05, 4.69) is 4.72 Å². The summed E-state index contributed by atoms with van der Waals surface area (Å²) in [6.45, 7) is 4.75. The minimum Gasteiger partial charge on any atom is -0.339 e. The second-order valence-corrected chi connectivity index (χ2v) is 8.52. The van der Waals surface area contributed by atoms with Crippen LogP contribution in [0.1, 0.15) is 34.3 Å². The first kappa shape index (κ1) is 19.8. The summed E-state index contributed by atoms with van der Waals surface area (Å²) < 4.78 is 28.1. The average molecular weight is 403 g/mol. The first-order valence-electron chi connectivity index (χ1n) is 8.87. The molecule has 1 fully saturated rings. The molecule has 1 heterocycles. The van der Waals surface area contributed by atoms with Crippen LogP contribution in [0.3, 0.4) is 0 Å². The lowest BCUT2D eigenvalue weighted by Gasteiger charge is -2.18. The molecule has 0 radical (unpaired) electrons. The normalized spacial score (nSPS) is 14.1. The van der Waals surface area contributed by atoms with Crippen LogP contribution in [0.5, 0.6) is 0 Å². The molecule has 0 saturated carbocycles. The summed E-state index contributed by atoms with van der Waals surface area (Å²) in [5, 5.41) is 11.0. The van der Waals surface area contributed by atoms with E-state index in [-0.39, 0.29) is 22.2 Å². The highest BCUT2D eigenvalue weighted by Gasteiger charge is 2.24. The third-order valence-corrected chi connectivity index (χ3v) is 6.18. The standard InChI is InChI=1S/C19H21N3O5S/c1-13-6-8-16(12-17(13)19(23)21-9-3-4-10-21)28(26,27)20-18-11-15(22(24)25)7-5-14(18)2/h5-8,11-12,20H,3-4,9-10H2,1-2H3. The highest BCUT2D eigenvalue weighted by Crippen LogP contribution is 2.26. The van der Waals surface area contributed by atoms with Gasteiger partial charge in [0.05, 0.1) is 15.5 Å². The maximum Gasteiger partial charge on any atom is 0.271 e. The number of hydrogen-bond acceptors (Lipinski definition) is 5. The molecule has 28 heavy (non-hydrogen) atoms. The average Bonchev–Trinajstić information content (AvgIpc) is 3.17. The number of rotatable bonds is 5. The first-order chi connectivity index (χ1) is 13.2. The number of nitro benzene ring substituents is 1. The lowest BCUT2D eigenvalue weighted by molar-refractivity contribution is -0.384. The van der Waals surface area contributed by atoms with Crippen molar-refractivity contribution in [1.29, 1.82) is 0 Å². The molecule has 3 rings (SSSR count). The van der Waals surface area contributed by atoms with Crippen molar-refractivity contribution in [3.05, 3.63) is 63.2 Å². The molecule has 1 saturated heterocycles. The number of carbonyl (C=O) groups excluding carboxylic acids is 1. The summed E-state index contributed by atoms with van der Waals surface area (Å²) in [5.41, 5.74) is 1.51. The number of non-ortho nitro benzene ring substituents is 1. The smallest absolute Gasteiger partial charge is 0.271 e. The van der Waals surface area contributed by atoms with Crippen molar-refractivity contribution in [3.8, 4) is 0 Å². The monoisotopic (exact) mass is 403 g/mol. The van der Waals surface area contributed by atoms with E-state index in [1.165, 1.54) is 30.3 Å². The molecule has 1 aliphatic heterocycles. The SMILES string of the molecule is Cc1ccc([N+](=O)[O-])cc1NS(=O)(=O)c1ccc(C)c(C(=O)N2CCCC2)c1. The summed E-state index contributed by atoms with van der Waals surface area (Å²) >= 11 is 0. The minimum atomic E-state index is -4.02. The van der Waals surface area contributed by atoms with E-state index in [0.29, 0.717) is 29.8 Å². The van der Waals surface area contributed by atoms with E-state index in [0.717, 1.165) is 12.8 Å². The van der Waals surface area contributed by atoms with Crippen molar-refractivity contribution in [2.24, 2.45) is 0 Å². The second-order valence-electron chi connectivity index (χ2n) is 6.84. The van der Waals surface area contributed by atoms with Gasteiger partial charge in [0.2, 0.25) is 0 Å². The number of hydrogen-bond donors (Lipinski definition) is 1. The van der Waals surface area contributed by atoms with E-state index >= 15 is 0 Å². The first-order valence-corrected chi connectivity index (χ1v) is 10.3. The van der Waals surface area contributed by atoms with Crippen molar-refractivity contribution in [2.45, 2.75) is 31.6 Å². The van der Waals surface area contributed by atoms with E-state index in [1.54, 1.807) is 24.8 Å². The number of sulfonamides is 1. The highest BCUT2D eigenvalue weighted by atomic mass is 32.2. The molecule has 148 valence electrons. The third kappa shape index (κ3) is 3.99. The van der Waals surface area contributed by atoms with Gasteiger partial charge in [-0.15, -0.1) is 0 Å². The number of carbonyl (C=O) groups is 1. The zero-order valence-corrected chi connectivity index (χ0v) is 16.5. The summed E-state index contributed by atoms with van der Waals surface area (Å²) in [6, 6.07) is 8.35. The fourth-order valence-electron chi connectivity index (χ4n) is 3.13. The predicted molar refractivity (Wildman–Crippen MR) is 105 cm³/mol. The van der Waals surface area contributed by atoms with E-state index in [9.17, 15) is 23.3 Å². The van der Waals surface area contributed by atoms with Gasteiger partial charge in [0.25, 0.3) is 21.6 Å². The third-order valence-electron chi connectivity index (χ3n) is 4.82. The maximum atomic E-state index is 12.8. The molecular formula is C19H21N3O5S. The van der Waals surface area contributed by atoms with Crippen molar-refractivity contribution in [2.75, 3.05) is 17.8 Å². The Balaban J connectivity index is 1.94. The molecule has 1 aliphatic rings. The van der Waals surface area contributed by atoms with Gasteiger partial charge in [-0.2, -0.15) is 0 Å². The van der Waals surface area contributed by atoms with Crippen LogP contribution < -0.4 is 4.72 Å². The zero-order valence-electron chi connectivity index (χ0n) is 15.6. The summed E-state index contributed by atoms with van der Waals surface area (Å²) in [6.07, 6.45) is 1.88. The molecule has 2 aromatic rings. The Morgan fingerprint density at radius 2 is 1.71 bits per heavy atom. The van der Waals surface area contributed by atoms with Gasteiger partial charge in [0, 0.05) is 30.8 Å². The van der Waals surface area contributed by atoms with Crippen LogP contribution in [0, 0.1) is 24.0 Å². The molecule has 0 aromatic heterocycles. The highest BCUT2D eigenvalue weighted by molar-refractivity contribution is 7.92. The van der Waals surface area contributed by atoms with Gasteiger partial charge >= 0.3 is 0 Å². The number of anilines is 1. The Kier molecular flexibility index (Phi) is 5.37. The molecule has 2 aromatic carbocycles. The Hall–Kier alpha value is -2.94. The molecule has 1 N–H and O–H groups in total. The van der Waals surface area contributed by atoms with Crippen LogP contribution in [0.15, 0.2) is 41.3 Å². The molecule has 0 aliphatic carbocycles. The molecule has 1 amide bonds. The van der Waals surface area contributed by atoms with Gasteiger partial charge in [0.15, 0.2) is 0 Å². The van der Waals surface area contributed by atoms with E-state index in [1.807, 2.05) is 0 Å². The Labute approximate surface area is 163 Å². The lowest BCUT2D eigenvalue weighted by atomic mass is 10.1. The Morgan fingerprint density at radius 3 is 2.36 bits per heavy atom. The number of nitro groups is 1. The molecule has 8 nitrogen and oxygen atoms in total. The van der Waals surface area contributed by atoms with Crippen LogP contribution in [0.25, 0.3) is 0 Å². The molecule has 0 spiro atoms. The fraction of sp³-hybridized carbons (Fsp3) is 0.316. The zero-order chi connectivity index (χ0) is 20.5. The van der Waals surface area contributed by atoms with Gasteiger partial charge in [-0.25, -0.2) is 8.42 Å². The van der Waals surface area contributed by atoms with Gasteiger partial charge in [0.1, 0.15) is 0 Å². The van der Waals surface area contributed by atoms with E-state index < -0.39 is 14.9 Å². The number of amides is 1. The van der Waals surface area contributed by atoms with Crippen molar-refractivity contribution < 1.29 is 18.1 Å². The Bertz CT molecular complexity index is 1040. The largest absolute Gasteiger partial charge is 0.339 e. The van der Waals surface area contributed by atoms with E-state index in [4.69, 9.17) is 0 Å². The van der Waals surface area contributed by atoms with Crippen molar-refractivity contribution >= 4 is 27.3 Å². The van der Waals surface area contributed by atoms with Crippen LogP contribution in [0.2, 0.25) is 0 Å². The van der Waals surface area contributed by atoms with Gasteiger partial charge in [-0.05, 0) is 49.9 Å². The van der Waals surface area contributed by atoms with Gasteiger partial charge in [-0.1, -0.05) is 12.1 Å². The van der Waals surface area contributed by atoms with Crippen LogP contribution >= 0.6 is 0 Å². The number of nitrogens with zero attached hydrogens (tertiary/aromatic N) is 2. The van der Waals surface area contributed by atoms with Gasteiger partial charge < -0.3 is 4.90 Å². The lowest BCUT2D eigenvalue weighted by Crippen LogP contribution is -2.28. The van der Waals surface area contributed by atoms with Crippen LogP contribution in [-0.2, 0) is 10.0 Å². The number of aryl methyl sites for hydroxylation is 2. The maximum absolute atomic E-state index is 12.8. The summed E-state index contributed by atoms with van der Waals surface area (Å²) in [4.78, 5) is 24.8. The Morgan fingerprint density at radius 1 is 1.07 bits per heavy atom. The topological polar surface area (TPSA) is 110 Å². The van der Waals surface area contributed by atoms with Crippen LogP contribution in [0.4, 0.5) is 11.4 Å². The molecule has 0 atom stereocenters. The summed E-state index contributed by atoms with van der Waals surface area (Å²) in [5.74, 6) is -0.182. The second kappa shape index (κ2) is 7.59. The molecule has 9 heteroatoms. The fourth-order valence-corrected chi connectivity index (χ4v) is 4.27. The predicted octanol–water partition coefficient (Wildman–Crippen LogP) is 3.25. The van der Waals surface area contributed by atoms with Crippen molar-refractivity contribution in [1.82, 2.24) is 4.90 Å². The molecule has 0 unspecified atom stereocenters. The number of likely N-dealkylation sites (tertiary alicyclic amines) is 1. The molecular weight excluding hydrogens is 382 g/mol. The number of benzene rings is 2. The minimum absolute atomic E-state index is 0.0634.